The maximum atomic E-state index is 12.2. The van der Waals surface area contributed by atoms with Gasteiger partial charge in [0.2, 0.25) is 5.91 Å². The zero-order chi connectivity index (χ0) is 17.0. The third-order valence-electron chi connectivity index (χ3n) is 4.06. The van der Waals surface area contributed by atoms with Crippen molar-refractivity contribution >= 4 is 17.5 Å². The summed E-state index contributed by atoms with van der Waals surface area (Å²) in [6.07, 6.45) is 3.56. The number of rotatable bonds is 4. The average molecular weight is 317 g/mol. The zero-order valence-electron chi connectivity index (χ0n) is 14.2. The lowest BCUT2D eigenvalue weighted by atomic mass is 10.00. The van der Waals surface area contributed by atoms with Gasteiger partial charge in [-0.15, -0.1) is 0 Å². The van der Waals surface area contributed by atoms with E-state index in [1.54, 1.807) is 24.3 Å². The highest BCUT2D eigenvalue weighted by molar-refractivity contribution is 5.97. The number of nitrogens with two attached hydrogens (primary N) is 1. The van der Waals surface area contributed by atoms with E-state index in [9.17, 15) is 9.59 Å². The van der Waals surface area contributed by atoms with E-state index >= 15 is 0 Å². The molecule has 1 fully saturated rings. The summed E-state index contributed by atoms with van der Waals surface area (Å²) < 4.78 is 0. The van der Waals surface area contributed by atoms with Crippen molar-refractivity contribution in [1.29, 1.82) is 0 Å². The molecule has 4 N–H and O–H groups in total. The van der Waals surface area contributed by atoms with Crippen molar-refractivity contribution in [2.75, 3.05) is 5.32 Å². The van der Waals surface area contributed by atoms with Gasteiger partial charge < -0.3 is 16.4 Å². The van der Waals surface area contributed by atoms with Gasteiger partial charge in [0.15, 0.2) is 0 Å². The lowest BCUT2D eigenvalue weighted by Crippen LogP contribution is -2.40. The Labute approximate surface area is 138 Å². The van der Waals surface area contributed by atoms with Crippen LogP contribution in [0.25, 0.3) is 0 Å². The number of amides is 2. The maximum absolute atomic E-state index is 12.2. The van der Waals surface area contributed by atoms with Gasteiger partial charge in [-0.3, -0.25) is 9.59 Å². The average Bonchev–Trinajstić information content (AvgIpc) is 2.82. The van der Waals surface area contributed by atoms with Crippen LogP contribution >= 0.6 is 0 Å². The Hall–Kier alpha value is -1.88. The smallest absolute Gasteiger partial charge is 0.251 e. The van der Waals surface area contributed by atoms with Crippen LogP contribution in [-0.4, -0.2) is 23.4 Å². The van der Waals surface area contributed by atoms with Crippen LogP contribution in [0.3, 0.4) is 0 Å². The first-order valence-electron chi connectivity index (χ1n) is 8.22. The van der Waals surface area contributed by atoms with Crippen molar-refractivity contribution in [1.82, 2.24) is 5.32 Å². The van der Waals surface area contributed by atoms with E-state index in [0.717, 1.165) is 19.3 Å². The van der Waals surface area contributed by atoms with Crippen LogP contribution in [0.15, 0.2) is 24.3 Å². The van der Waals surface area contributed by atoms with Gasteiger partial charge in [0.1, 0.15) is 0 Å². The number of benzene rings is 1. The van der Waals surface area contributed by atoms with Crippen molar-refractivity contribution in [3.8, 4) is 0 Å². The largest absolute Gasteiger partial charge is 0.347 e. The molecular formula is C18H27N3O2. The van der Waals surface area contributed by atoms with Crippen LogP contribution in [0.5, 0.6) is 0 Å². The second-order valence-electron chi connectivity index (χ2n) is 7.39. The highest BCUT2D eigenvalue weighted by atomic mass is 16.2. The molecule has 0 heterocycles. The first kappa shape index (κ1) is 17.5. The molecule has 2 amide bonds. The molecule has 1 aliphatic carbocycles. The molecule has 1 aromatic carbocycles. The van der Waals surface area contributed by atoms with Gasteiger partial charge in [-0.25, -0.2) is 0 Å². The molecule has 0 aromatic heterocycles. The molecule has 1 aliphatic rings. The zero-order valence-corrected chi connectivity index (χ0v) is 14.2. The minimum atomic E-state index is -0.297. The summed E-state index contributed by atoms with van der Waals surface area (Å²) in [7, 11) is 0. The molecule has 5 nitrogen and oxygen atoms in total. The van der Waals surface area contributed by atoms with Gasteiger partial charge in [-0.1, -0.05) is 12.5 Å². The Balaban J connectivity index is 1.96. The highest BCUT2D eigenvalue weighted by Gasteiger charge is 2.26. The number of anilines is 1. The van der Waals surface area contributed by atoms with E-state index in [0.29, 0.717) is 17.7 Å². The highest BCUT2D eigenvalue weighted by Crippen LogP contribution is 2.27. The number of hydrogen-bond donors (Lipinski definition) is 3. The van der Waals surface area contributed by atoms with Crippen molar-refractivity contribution in [3.63, 3.8) is 0 Å². The second-order valence-corrected chi connectivity index (χ2v) is 7.39. The molecule has 0 bridgehead atoms. The third-order valence-corrected chi connectivity index (χ3v) is 4.06. The molecule has 1 saturated carbocycles. The molecule has 0 radical (unpaired) electrons. The van der Waals surface area contributed by atoms with Crippen molar-refractivity contribution in [3.05, 3.63) is 29.8 Å². The molecule has 2 atom stereocenters. The van der Waals surface area contributed by atoms with Gasteiger partial charge in [0.05, 0.1) is 0 Å². The molecule has 23 heavy (non-hydrogen) atoms. The standard InChI is InChI=1S/C18H27N3O2/c1-18(2,3)21-17(23)13-7-4-8-14(10-13)20-16(22)11-12-6-5-9-15(12)19/h4,7-8,10,12,15H,5-6,9,11,19H2,1-3H3,(H,20,22)(H,21,23)/t12-,15+/m0/s1. The van der Waals surface area contributed by atoms with Crippen LogP contribution in [0.4, 0.5) is 5.69 Å². The van der Waals surface area contributed by atoms with E-state index in [1.807, 2.05) is 20.8 Å². The number of hydrogen-bond acceptors (Lipinski definition) is 3. The minimum Gasteiger partial charge on any atom is -0.347 e. The number of carbonyl (C=O) groups is 2. The van der Waals surface area contributed by atoms with E-state index in [-0.39, 0.29) is 29.3 Å². The van der Waals surface area contributed by atoms with Crippen LogP contribution in [-0.2, 0) is 4.79 Å². The normalized spacial score (nSPS) is 21.0. The summed E-state index contributed by atoms with van der Waals surface area (Å²) in [6.45, 7) is 5.80. The summed E-state index contributed by atoms with van der Waals surface area (Å²) in [5.74, 6) is 0.0783. The Kier molecular flexibility index (Phi) is 5.42. The molecule has 0 saturated heterocycles. The summed E-state index contributed by atoms with van der Waals surface area (Å²) >= 11 is 0. The van der Waals surface area contributed by atoms with Crippen LogP contribution in [0.1, 0.15) is 56.8 Å². The lowest BCUT2D eigenvalue weighted by Gasteiger charge is -2.20. The molecular weight excluding hydrogens is 290 g/mol. The Morgan fingerprint density at radius 1 is 1.26 bits per heavy atom. The quantitative estimate of drug-likeness (QED) is 0.798. The van der Waals surface area contributed by atoms with Gasteiger partial charge in [-0.05, 0) is 57.7 Å². The third kappa shape index (κ3) is 5.36. The molecule has 2 rings (SSSR count). The van der Waals surface area contributed by atoms with Gasteiger partial charge in [0.25, 0.3) is 5.91 Å². The van der Waals surface area contributed by atoms with Crippen LogP contribution in [0, 0.1) is 5.92 Å². The first-order valence-corrected chi connectivity index (χ1v) is 8.22. The fourth-order valence-electron chi connectivity index (χ4n) is 2.92. The second kappa shape index (κ2) is 7.13. The van der Waals surface area contributed by atoms with Crippen molar-refractivity contribution in [2.45, 2.75) is 58.0 Å². The fourth-order valence-corrected chi connectivity index (χ4v) is 2.92. The van der Waals surface area contributed by atoms with Crippen LogP contribution in [0.2, 0.25) is 0 Å². The monoisotopic (exact) mass is 317 g/mol. The van der Waals surface area contributed by atoms with E-state index < -0.39 is 0 Å². The van der Waals surface area contributed by atoms with Gasteiger partial charge in [-0.2, -0.15) is 0 Å². The summed E-state index contributed by atoms with van der Waals surface area (Å²) in [5, 5.41) is 5.79. The Morgan fingerprint density at radius 3 is 2.61 bits per heavy atom. The fraction of sp³-hybridized carbons (Fsp3) is 0.556. The minimum absolute atomic E-state index is 0.0410. The van der Waals surface area contributed by atoms with Crippen molar-refractivity contribution < 1.29 is 9.59 Å². The summed E-state index contributed by atoms with van der Waals surface area (Å²) in [6, 6.07) is 7.14. The number of nitrogens with one attached hydrogen (secondary N) is 2. The maximum Gasteiger partial charge on any atom is 0.251 e. The Bertz CT molecular complexity index is 578. The summed E-state index contributed by atoms with van der Waals surface area (Å²) in [4.78, 5) is 24.3. The molecule has 0 aliphatic heterocycles. The van der Waals surface area contributed by atoms with Gasteiger partial charge in [0, 0.05) is 29.3 Å². The molecule has 1 aromatic rings. The molecule has 0 unspecified atom stereocenters. The van der Waals surface area contributed by atoms with Crippen molar-refractivity contribution in [2.24, 2.45) is 11.7 Å². The predicted molar refractivity (Wildman–Crippen MR) is 92.2 cm³/mol. The lowest BCUT2D eigenvalue weighted by molar-refractivity contribution is -0.117. The summed E-state index contributed by atoms with van der Waals surface area (Å²) in [5.41, 5.74) is 6.89. The van der Waals surface area contributed by atoms with Crippen LogP contribution < -0.4 is 16.4 Å². The van der Waals surface area contributed by atoms with E-state index in [2.05, 4.69) is 10.6 Å². The SMILES string of the molecule is CC(C)(C)NC(=O)c1cccc(NC(=O)C[C@@H]2CCC[C@H]2N)c1. The van der Waals surface area contributed by atoms with Gasteiger partial charge >= 0.3 is 0 Å². The van der Waals surface area contributed by atoms with E-state index in [1.165, 1.54) is 0 Å². The predicted octanol–water partition coefficient (Wildman–Crippen LogP) is 2.67. The Morgan fingerprint density at radius 2 is 2.00 bits per heavy atom. The molecule has 126 valence electrons. The number of carbonyl (C=O) groups excluding carboxylic acids is 2. The molecule has 0 spiro atoms. The van der Waals surface area contributed by atoms with E-state index in [4.69, 9.17) is 5.73 Å². The topological polar surface area (TPSA) is 84.2 Å². The first-order chi connectivity index (χ1) is 10.7. The molecule has 5 heteroatoms.